The van der Waals surface area contributed by atoms with Crippen molar-refractivity contribution < 1.29 is 4.74 Å². The molecule has 2 atom stereocenters. The molecule has 1 saturated heterocycles. The average molecular weight is 226 g/mol. The van der Waals surface area contributed by atoms with Crippen LogP contribution in [0.2, 0.25) is 0 Å². The third-order valence-electron chi connectivity index (χ3n) is 4.12. The van der Waals surface area contributed by atoms with E-state index < -0.39 is 0 Å². The van der Waals surface area contributed by atoms with Gasteiger partial charge < -0.3 is 15.8 Å². The zero-order valence-electron chi connectivity index (χ0n) is 10.3. The third kappa shape index (κ3) is 3.72. The Bertz CT molecular complexity index is 192. The molecule has 0 bridgehead atoms. The standard InChI is InChI=1S/C13H26N2O/c14-12-3-1-2-4-13(12)15-8-5-11-6-9-16-10-7-11/h11-13,15H,1-10,14H2. The second-order valence-corrected chi connectivity index (χ2v) is 5.35. The molecule has 0 aromatic rings. The number of rotatable bonds is 4. The van der Waals surface area contributed by atoms with Gasteiger partial charge in [-0.25, -0.2) is 0 Å². The molecule has 1 aliphatic carbocycles. The first kappa shape index (κ1) is 12.3. The van der Waals surface area contributed by atoms with Gasteiger partial charge in [-0.1, -0.05) is 12.8 Å². The zero-order valence-corrected chi connectivity index (χ0v) is 10.3. The van der Waals surface area contributed by atoms with Crippen molar-refractivity contribution in [3.8, 4) is 0 Å². The Morgan fingerprint density at radius 3 is 2.56 bits per heavy atom. The Hall–Kier alpha value is -0.120. The Kier molecular flexibility index (Phi) is 5.07. The van der Waals surface area contributed by atoms with Gasteiger partial charge in [0.1, 0.15) is 0 Å². The van der Waals surface area contributed by atoms with Gasteiger partial charge >= 0.3 is 0 Å². The smallest absolute Gasteiger partial charge is 0.0468 e. The lowest BCUT2D eigenvalue weighted by molar-refractivity contribution is 0.0635. The molecule has 0 amide bonds. The summed E-state index contributed by atoms with van der Waals surface area (Å²) >= 11 is 0. The second kappa shape index (κ2) is 6.58. The van der Waals surface area contributed by atoms with Crippen LogP contribution >= 0.6 is 0 Å². The molecule has 3 nitrogen and oxygen atoms in total. The molecule has 0 aromatic carbocycles. The van der Waals surface area contributed by atoms with Crippen molar-refractivity contribution in [2.75, 3.05) is 19.8 Å². The zero-order chi connectivity index (χ0) is 11.2. The van der Waals surface area contributed by atoms with Crippen molar-refractivity contribution in [2.24, 2.45) is 11.7 Å². The number of hydrogen-bond acceptors (Lipinski definition) is 3. The van der Waals surface area contributed by atoms with E-state index in [0.29, 0.717) is 12.1 Å². The van der Waals surface area contributed by atoms with Gasteiger partial charge in [0.15, 0.2) is 0 Å². The molecule has 3 N–H and O–H groups in total. The lowest BCUT2D eigenvalue weighted by Gasteiger charge is -2.30. The number of nitrogens with one attached hydrogen (secondary N) is 1. The second-order valence-electron chi connectivity index (χ2n) is 5.35. The molecule has 0 aromatic heterocycles. The van der Waals surface area contributed by atoms with Gasteiger partial charge in [-0.15, -0.1) is 0 Å². The molecule has 0 spiro atoms. The SMILES string of the molecule is NC1CCCCC1NCCC1CCOCC1. The monoisotopic (exact) mass is 226 g/mol. The van der Waals surface area contributed by atoms with E-state index in [1.165, 1.54) is 44.9 Å². The van der Waals surface area contributed by atoms with Gasteiger partial charge in [0.25, 0.3) is 0 Å². The van der Waals surface area contributed by atoms with E-state index in [2.05, 4.69) is 5.32 Å². The first-order chi connectivity index (χ1) is 7.86. The molecular weight excluding hydrogens is 200 g/mol. The van der Waals surface area contributed by atoms with Crippen LogP contribution < -0.4 is 11.1 Å². The van der Waals surface area contributed by atoms with Gasteiger partial charge in [0.05, 0.1) is 0 Å². The molecule has 16 heavy (non-hydrogen) atoms. The van der Waals surface area contributed by atoms with Crippen LogP contribution in [0.1, 0.15) is 44.9 Å². The molecule has 2 fully saturated rings. The van der Waals surface area contributed by atoms with Gasteiger partial charge in [-0.3, -0.25) is 0 Å². The fourth-order valence-corrected chi connectivity index (χ4v) is 2.92. The highest BCUT2D eigenvalue weighted by molar-refractivity contribution is 4.83. The van der Waals surface area contributed by atoms with Gasteiger partial charge in [-0.2, -0.15) is 0 Å². The molecule has 1 saturated carbocycles. The molecule has 2 aliphatic rings. The summed E-state index contributed by atoms with van der Waals surface area (Å²) in [6.45, 7) is 3.07. The maximum Gasteiger partial charge on any atom is 0.0468 e. The largest absolute Gasteiger partial charge is 0.381 e. The van der Waals surface area contributed by atoms with E-state index in [9.17, 15) is 0 Å². The highest BCUT2D eigenvalue weighted by Crippen LogP contribution is 2.19. The predicted octanol–water partition coefficient (Wildman–Crippen LogP) is 1.66. The van der Waals surface area contributed by atoms with Crippen LogP contribution in [0.4, 0.5) is 0 Å². The molecule has 94 valence electrons. The van der Waals surface area contributed by atoms with E-state index >= 15 is 0 Å². The summed E-state index contributed by atoms with van der Waals surface area (Å²) in [6.07, 6.45) is 8.94. The maximum atomic E-state index is 6.12. The van der Waals surface area contributed by atoms with Crippen LogP contribution in [0, 0.1) is 5.92 Å². The predicted molar refractivity (Wildman–Crippen MR) is 66.4 cm³/mol. The quantitative estimate of drug-likeness (QED) is 0.766. The first-order valence-electron chi connectivity index (χ1n) is 6.93. The molecule has 1 aliphatic heterocycles. The molecular formula is C13H26N2O. The van der Waals surface area contributed by atoms with Crippen molar-refractivity contribution in [3.05, 3.63) is 0 Å². The van der Waals surface area contributed by atoms with E-state index in [0.717, 1.165) is 25.7 Å². The van der Waals surface area contributed by atoms with Crippen LogP contribution in [0.15, 0.2) is 0 Å². The molecule has 2 unspecified atom stereocenters. The molecule has 1 heterocycles. The van der Waals surface area contributed by atoms with Crippen molar-refractivity contribution in [1.82, 2.24) is 5.32 Å². The molecule has 0 radical (unpaired) electrons. The fourth-order valence-electron chi connectivity index (χ4n) is 2.92. The van der Waals surface area contributed by atoms with Crippen molar-refractivity contribution >= 4 is 0 Å². The number of hydrogen-bond donors (Lipinski definition) is 2. The summed E-state index contributed by atoms with van der Waals surface area (Å²) in [6, 6.07) is 0.969. The van der Waals surface area contributed by atoms with E-state index in [1.807, 2.05) is 0 Å². The average Bonchev–Trinajstić information content (AvgIpc) is 2.33. The summed E-state index contributed by atoms with van der Waals surface area (Å²) in [5.74, 6) is 0.876. The van der Waals surface area contributed by atoms with E-state index in [1.54, 1.807) is 0 Å². The number of ether oxygens (including phenoxy) is 1. The van der Waals surface area contributed by atoms with Crippen molar-refractivity contribution in [1.29, 1.82) is 0 Å². The highest BCUT2D eigenvalue weighted by atomic mass is 16.5. The van der Waals surface area contributed by atoms with Crippen LogP contribution in [0.3, 0.4) is 0 Å². The van der Waals surface area contributed by atoms with E-state index in [4.69, 9.17) is 10.5 Å². The van der Waals surface area contributed by atoms with E-state index in [-0.39, 0.29) is 0 Å². The topological polar surface area (TPSA) is 47.3 Å². The van der Waals surface area contributed by atoms with Gasteiger partial charge in [-0.05, 0) is 44.6 Å². The lowest BCUT2D eigenvalue weighted by atomic mass is 9.90. The Morgan fingerprint density at radius 2 is 1.81 bits per heavy atom. The summed E-state index contributed by atoms with van der Waals surface area (Å²) in [7, 11) is 0. The highest BCUT2D eigenvalue weighted by Gasteiger charge is 2.21. The van der Waals surface area contributed by atoms with Crippen LogP contribution in [-0.2, 0) is 4.74 Å². The third-order valence-corrected chi connectivity index (χ3v) is 4.12. The van der Waals surface area contributed by atoms with Gasteiger partial charge in [0, 0.05) is 25.3 Å². The minimum absolute atomic E-state index is 0.392. The van der Waals surface area contributed by atoms with Crippen molar-refractivity contribution in [2.45, 2.75) is 57.0 Å². The Labute approximate surface area is 99.1 Å². The van der Waals surface area contributed by atoms with Crippen molar-refractivity contribution in [3.63, 3.8) is 0 Å². The summed E-state index contributed by atoms with van der Waals surface area (Å²) in [5, 5.41) is 3.65. The van der Waals surface area contributed by atoms with Crippen LogP contribution in [-0.4, -0.2) is 31.8 Å². The summed E-state index contributed by atoms with van der Waals surface area (Å²) in [4.78, 5) is 0. The minimum Gasteiger partial charge on any atom is -0.381 e. The maximum absolute atomic E-state index is 6.12. The summed E-state index contributed by atoms with van der Waals surface area (Å²) < 4.78 is 5.37. The van der Waals surface area contributed by atoms with Crippen LogP contribution in [0.5, 0.6) is 0 Å². The fraction of sp³-hybridized carbons (Fsp3) is 1.00. The van der Waals surface area contributed by atoms with Gasteiger partial charge in [0.2, 0.25) is 0 Å². The number of nitrogens with two attached hydrogens (primary N) is 1. The first-order valence-corrected chi connectivity index (χ1v) is 6.93. The molecule has 3 heteroatoms. The molecule has 2 rings (SSSR count). The lowest BCUT2D eigenvalue weighted by Crippen LogP contribution is -2.47. The minimum atomic E-state index is 0.392. The van der Waals surface area contributed by atoms with Crippen LogP contribution in [0.25, 0.3) is 0 Å². The normalized spacial score (nSPS) is 32.8. The Morgan fingerprint density at radius 1 is 1.06 bits per heavy atom. The Balaban J connectivity index is 1.59. The summed E-state index contributed by atoms with van der Waals surface area (Å²) in [5.41, 5.74) is 6.12.